The van der Waals surface area contributed by atoms with Gasteiger partial charge in [-0.25, -0.2) is 0 Å². The smallest absolute Gasteiger partial charge is 0.320 e. The Kier molecular flexibility index (Phi) is 14.8. The van der Waals surface area contributed by atoms with Crippen molar-refractivity contribution in [1.29, 1.82) is 0 Å². The number of carbonyl (C=O) groups is 2. The molecule has 0 aromatic carbocycles. The van der Waals surface area contributed by atoms with Gasteiger partial charge in [0.15, 0.2) is 18.2 Å². The summed E-state index contributed by atoms with van der Waals surface area (Å²) >= 11 is 0. The second-order valence-corrected chi connectivity index (χ2v) is 18.6. The Bertz CT molecular complexity index is 1720. The minimum atomic E-state index is -1.83. The molecule has 4 fully saturated rings. The average molecular weight is 855 g/mol. The van der Waals surface area contributed by atoms with E-state index in [0.29, 0.717) is 36.8 Å². The van der Waals surface area contributed by atoms with Crippen LogP contribution in [0.3, 0.4) is 0 Å². The van der Waals surface area contributed by atoms with Crippen molar-refractivity contribution in [2.24, 2.45) is 23.7 Å². The summed E-state index contributed by atoms with van der Waals surface area (Å²) in [5.41, 5.74) is 0.127. The van der Waals surface area contributed by atoms with Crippen molar-refractivity contribution in [1.82, 2.24) is 10.2 Å². The Hall–Kier alpha value is -2.76. The normalized spacial score (nSPS) is 45.0. The summed E-state index contributed by atoms with van der Waals surface area (Å²) in [6, 6.07) is 0. The third-order valence-electron chi connectivity index (χ3n) is 14.1. The number of aliphatic hydroxyl groups excluding tert-OH is 1. The lowest BCUT2D eigenvalue weighted by Gasteiger charge is -2.48. The molecule has 7 rings (SSSR count). The van der Waals surface area contributed by atoms with Crippen LogP contribution in [0.1, 0.15) is 80.6 Å². The largest absolute Gasteiger partial charge is 0.462 e. The molecular formula is C47H70N2O12. The Morgan fingerprint density at radius 1 is 1.07 bits per heavy atom. The van der Waals surface area contributed by atoms with Gasteiger partial charge in [0, 0.05) is 64.4 Å². The SMILES string of the molecule is CC[C@H](C)[C@H]1OC2(C=C[C@@H]1C)C[C@@H]1C[C@@H](C/C=C(\C)[C@@H](OC3CC(OC)C(OC(=O)CN4CCNCC4)C(C)O3)[C@@H](C)/C=C/C=C3\CO[C@@H]4[C@H](O)C(C)=CC(C(=O)O1)[C@]34O)O2. The highest BCUT2D eigenvalue weighted by atomic mass is 16.7. The van der Waals surface area contributed by atoms with Gasteiger partial charge >= 0.3 is 11.9 Å². The number of nitrogens with one attached hydrogen (secondary N) is 1. The van der Waals surface area contributed by atoms with E-state index in [4.69, 9.17) is 37.9 Å². The van der Waals surface area contributed by atoms with E-state index in [-0.39, 0.29) is 49.1 Å². The Morgan fingerprint density at radius 2 is 1.84 bits per heavy atom. The number of allylic oxidation sites excluding steroid dienone is 2. The molecule has 61 heavy (non-hydrogen) atoms. The maximum atomic E-state index is 14.3. The van der Waals surface area contributed by atoms with E-state index < -0.39 is 72.3 Å². The molecular weight excluding hydrogens is 785 g/mol. The van der Waals surface area contributed by atoms with E-state index in [9.17, 15) is 19.8 Å². The van der Waals surface area contributed by atoms with E-state index in [1.165, 1.54) is 0 Å². The second kappa shape index (κ2) is 19.5. The van der Waals surface area contributed by atoms with Gasteiger partial charge in [-0.1, -0.05) is 70.6 Å². The molecule has 6 unspecified atom stereocenters. The predicted octanol–water partition coefficient (Wildman–Crippen LogP) is 4.30. The number of ether oxygens (including phenoxy) is 8. The van der Waals surface area contributed by atoms with Crippen LogP contribution in [-0.4, -0.2) is 146 Å². The number of rotatable bonds is 8. The molecule has 14 heteroatoms. The zero-order valence-corrected chi connectivity index (χ0v) is 37.3. The monoisotopic (exact) mass is 854 g/mol. The Balaban J connectivity index is 1.17. The first-order valence-corrected chi connectivity index (χ1v) is 22.6. The highest BCUT2D eigenvalue weighted by molar-refractivity contribution is 5.78. The fraction of sp³-hybridized carbons (Fsp3) is 0.745. The molecule has 6 aliphatic heterocycles. The number of hydrogen-bond acceptors (Lipinski definition) is 14. The van der Waals surface area contributed by atoms with Crippen molar-refractivity contribution >= 4 is 11.9 Å². The first kappa shape index (κ1) is 46.2. The summed E-state index contributed by atoms with van der Waals surface area (Å²) < 4.78 is 51.4. The maximum absolute atomic E-state index is 14.3. The molecule has 0 amide bonds. The zero-order chi connectivity index (χ0) is 43.6. The number of aliphatic hydroxyl groups is 2. The molecule has 0 saturated carbocycles. The summed E-state index contributed by atoms with van der Waals surface area (Å²) in [6.45, 7) is 17.7. The van der Waals surface area contributed by atoms with Gasteiger partial charge in [-0.3, -0.25) is 14.5 Å². The molecule has 1 spiro atoms. The summed E-state index contributed by atoms with van der Waals surface area (Å²) in [5, 5.41) is 27.0. The number of fused-ring (bicyclic) bond motifs is 2. The van der Waals surface area contributed by atoms with Gasteiger partial charge in [0.1, 0.15) is 35.9 Å². The van der Waals surface area contributed by atoms with Gasteiger partial charge in [0.2, 0.25) is 0 Å². The van der Waals surface area contributed by atoms with Crippen LogP contribution >= 0.6 is 0 Å². The molecule has 2 bridgehead atoms. The van der Waals surface area contributed by atoms with Crippen molar-refractivity contribution in [3.05, 3.63) is 59.3 Å². The van der Waals surface area contributed by atoms with Crippen LogP contribution in [0.2, 0.25) is 0 Å². The highest BCUT2D eigenvalue weighted by Gasteiger charge is 2.60. The number of hydrogen-bond donors (Lipinski definition) is 3. The van der Waals surface area contributed by atoms with Crippen LogP contribution in [0.15, 0.2) is 59.3 Å². The van der Waals surface area contributed by atoms with Crippen molar-refractivity contribution < 1.29 is 57.7 Å². The lowest BCUT2D eigenvalue weighted by Crippen LogP contribution is -2.58. The summed E-state index contributed by atoms with van der Waals surface area (Å²) in [7, 11) is 1.61. The molecule has 7 aliphatic rings. The van der Waals surface area contributed by atoms with Crippen LogP contribution in [-0.2, 0) is 47.5 Å². The topological polar surface area (TPSA) is 164 Å². The quantitative estimate of drug-likeness (QED) is 0.234. The van der Waals surface area contributed by atoms with Crippen molar-refractivity contribution in [2.45, 2.75) is 153 Å². The third-order valence-corrected chi connectivity index (χ3v) is 14.1. The van der Waals surface area contributed by atoms with Gasteiger partial charge in [-0.2, -0.15) is 0 Å². The fourth-order valence-corrected chi connectivity index (χ4v) is 10.3. The highest BCUT2D eigenvalue weighted by Crippen LogP contribution is 2.47. The molecule has 1 aliphatic carbocycles. The molecule has 16 atom stereocenters. The van der Waals surface area contributed by atoms with Crippen LogP contribution in [0.4, 0.5) is 0 Å². The maximum Gasteiger partial charge on any atom is 0.320 e. The first-order chi connectivity index (χ1) is 29.1. The zero-order valence-electron chi connectivity index (χ0n) is 37.3. The second-order valence-electron chi connectivity index (χ2n) is 18.6. The Morgan fingerprint density at radius 3 is 2.57 bits per heavy atom. The number of carbonyl (C=O) groups excluding carboxylic acids is 2. The summed E-state index contributed by atoms with van der Waals surface area (Å²) in [5.74, 6) is -2.87. The van der Waals surface area contributed by atoms with E-state index in [2.05, 4.69) is 50.1 Å². The van der Waals surface area contributed by atoms with Gasteiger partial charge in [0.05, 0.1) is 37.6 Å². The summed E-state index contributed by atoms with van der Waals surface area (Å²) in [4.78, 5) is 29.5. The van der Waals surface area contributed by atoms with E-state index in [0.717, 1.165) is 38.2 Å². The molecule has 0 aromatic heterocycles. The Labute approximate surface area is 361 Å². The molecule has 4 saturated heterocycles. The minimum Gasteiger partial charge on any atom is -0.462 e. The van der Waals surface area contributed by atoms with Gasteiger partial charge in [-0.15, -0.1) is 0 Å². The van der Waals surface area contributed by atoms with Crippen molar-refractivity contribution in [3.8, 4) is 0 Å². The van der Waals surface area contributed by atoms with E-state index in [1.807, 2.05) is 32.1 Å². The molecule has 6 heterocycles. The first-order valence-electron chi connectivity index (χ1n) is 22.6. The summed E-state index contributed by atoms with van der Waals surface area (Å²) in [6.07, 6.45) is 10.1. The van der Waals surface area contributed by atoms with E-state index >= 15 is 0 Å². The number of methoxy groups -OCH3 is 1. The van der Waals surface area contributed by atoms with Crippen LogP contribution < -0.4 is 5.32 Å². The van der Waals surface area contributed by atoms with Crippen LogP contribution in [0.5, 0.6) is 0 Å². The van der Waals surface area contributed by atoms with Gasteiger partial charge in [0.25, 0.3) is 0 Å². The standard InChI is InChI=1S/C47H70N2O12/c1-9-27(2)42-30(5)15-16-46(61-42)24-35-22-34(60-46)14-13-29(4)41(59-39-23-37(54-8)43(32(7)56-39)58-38(50)25-49-19-17-48-18-20-49)28(3)11-10-12-33-26-55-44-40(51)31(6)21-36(45(52)57-35)47(33,44)53/h10-13,15-16,21,27-28,30,32,34-37,39-44,48,51,53H,9,14,17-20,22-26H2,1-8H3/b11-10+,29-13+,33-12+/t27-,28-,30-,32?,34+,35-,36?,37?,39?,40+,41-,42+,43?,44+,46?,47+/m0/s1. The fourth-order valence-electron chi connectivity index (χ4n) is 10.3. The third kappa shape index (κ3) is 9.99. The van der Waals surface area contributed by atoms with Crippen molar-refractivity contribution in [2.75, 3.05) is 46.4 Å². The number of piperazine rings is 1. The number of esters is 2. The van der Waals surface area contributed by atoms with Crippen molar-refractivity contribution in [3.63, 3.8) is 0 Å². The molecule has 3 N–H and O–H groups in total. The van der Waals surface area contributed by atoms with Crippen LogP contribution in [0, 0.1) is 23.7 Å². The predicted molar refractivity (Wildman–Crippen MR) is 226 cm³/mol. The number of nitrogens with zero attached hydrogens (tertiary/aromatic N) is 1. The lowest BCUT2D eigenvalue weighted by molar-refractivity contribution is -0.300. The van der Waals surface area contributed by atoms with E-state index in [1.54, 1.807) is 26.2 Å². The van der Waals surface area contributed by atoms with Crippen LogP contribution in [0.25, 0.3) is 0 Å². The lowest BCUT2D eigenvalue weighted by atomic mass is 9.71. The molecule has 340 valence electrons. The molecule has 0 aromatic rings. The molecule has 0 radical (unpaired) electrons. The van der Waals surface area contributed by atoms with Gasteiger partial charge < -0.3 is 53.4 Å². The average Bonchev–Trinajstić information content (AvgIpc) is 3.58. The molecule has 14 nitrogen and oxygen atoms in total. The van der Waals surface area contributed by atoms with Gasteiger partial charge in [-0.05, 0) is 55.9 Å². The minimum absolute atomic E-state index is 0.0319.